The van der Waals surface area contributed by atoms with Crippen molar-refractivity contribution in [2.24, 2.45) is 0 Å². The molecule has 1 heterocycles. The van der Waals surface area contributed by atoms with Crippen LogP contribution in [0.4, 0.5) is 5.82 Å². The molecule has 1 aromatic heterocycles. The Labute approximate surface area is 118 Å². The van der Waals surface area contributed by atoms with Crippen molar-refractivity contribution in [3.63, 3.8) is 0 Å². The van der Waals surface area contributed by atoms with Crippen LogP contribution in [0.2, 0.25) is 0 Å². The van der Waals surface area contributed by atoms with Gasteiger partial charge in [0.25, 0.3) is 0 Å². The van der Waals surface area contributed by atoms with Crippen LogP contribution in [0.15, 0.2) is 18.3 Å². The number of carbonyl (C=O) groups excluding carboxylic acids is 2. The van der Waals surface area contributed by atoms with Crippen LogP contribution >= 0.6 is 0 Å². The fourth-order valence-electron chi connectivity index (χ4n) is 1.67. The van der Waals surface area contributed by atoms with Gasteiger partial charge in [-0.2, -0.15) is 0 Å². The molecule has 0 amide bonds. The molecule has 20 heavy (non-hydrogen) atoms. The fourth-order valence-corrected chi connectivity index (χ4v) is 1.67. The Morgan fingerprint density at radius 3 is 2.55 bits per heavy atom. The maximum Gasteiger partial charge on any atom is 0.339 e. The molecule has 1 rings (SSSR count). The Bertz CT molecular complexity index is 445. The highest BCUT2D eigenvalue weighted by Gasteiger charge is 2.11. The maximum atomic E-state index is 11.5. The Balaban J connectivity index is 2.69. The van der Waals surface area contributed by atoms with Gasteiger partial charge in [-0.05, 0) is 26.0 Å². The molecular weight excluding hydrogens is 260 g/mol. The lowest BCUT2D eigenvalue weighted by atomic mass is 10.2. The monoisotopic (exact) mass is 280 g/mol. The van der Waals surface area contributed by atoms with Crippen molar-refractivity contribution in [1.82, 2.24) is 4.98 Å². The Hall–Kier alpha value is -2.11. The number of methoxy groups -OCH3 is 1. The summed E-state index contributed by atoms with van der Waals surface area (Å²) < 4.78 is 9.51. The Morgan fingerprint density at radius 2 is 2.05 bits per heavy atom. The van der Waals surface area contributed by atoms with E-state index in [9.17, 15) is 9.59 Å². The molecule has 0 N–H and O–H groups in total. The highest BCUT2D eigenvalue weighted by molar-refractivity contribution is 5.89. The smallest absolute Gasteiger partial charge is 0.339 e. The molecule has 0 aliphatic carbocycles. The van der Waals surface area contributed by atoms with E-state index in [1.54, 1.807) is 19.1 Å². The number of pyridine rings is 1. The topological polar surface area (TPSA) is 68.7 Å². The van der Waals surface area contributed by atoms with Crippen molar-refractivity contribution < 1.29 is 19.1 Å². The molecule has 0 fully saturated rings. The molecule has 0 spiro atoms. The van der Waals surface area contributed by atoms with Gasteiger partial charge in [0.15, 0.2) is 0 Å². The molecule has 0 atom stereocenters. The fraction of sp³-hybridized carbons (Fsp3) is 0.500. The summed E-state index contributed by atoms with van der Waals surface area (Å²) in [4.78, 5) is 28.8. The first-order valence-corrected chi connectivity index (χ1v) is 6.57. The van der Waals surface area contributed by atoms with Gasteiger partial charge in [-0.25, -0.2) is 9.78 Å². The number of rotatable bonds is 7. The molecule has 1 aromatic rings. The standard InChI is InChI=1S/C14H20N2O4/c1-4-16(9-8-13(17)19-3)12-7-6-11(10-15-12)14(18)20-5-2/h6-7,10H,4-5,8-9H2,1-3H3. The van der Waals surface area contributed by atoms with Gasteiger partial charge in [-0.1, -0.05) is 0 Å². The molecule has 6 heteroatoms. The Morgan fingerprint density at radius 1 is 1.30 bits per heavy atom. The largest absolute Gasteiger partial charge is 0.469 e. The van der Waals surface area contributed by atoms with Gasteiger partial charge >= 0.3 is 11.9 Å². The van der Waals surface area contributed by atoms with Crippen LogP contribution in [0.25, 0.3) is 0 Å². The summed E-state index contributed by atoms with van der Waals surface area (Å²) in [5.41, 5.74) is 0.416. The molecule has 6 nitrogen and oxygen atoms in total. The Kier molecular flexibility index (Phi) is 6.49. The van der Waals surface area contributed by atoms with Gasteiger partial charge in [0.2, 0.25) is 0 Å². The quantitative estimate of drug-likeness (QED) is 0.707. The van der Waals surface area contributed by atoms with Crippen LogP contribution in [-0.2, 0) is 14.3 Å². The molecule has 0 aliphatic rings. The summed E-state index contributed by atoms with van der Waals surface area (Å²) >= 11 is 0. The van der Waals surface area contributed by atoms with Gasteiger partial charge in [0.05, 0.1) is 25.7 Å². The van der Waals surface area contributed by atoms with Crippen molar-refractivity contribution in [3.05, 3.63) is 23.9 Å². The number of hydrogen-bond acceptors (Lipinski definition) is 6. The number of ether oxygens (including phenoxy) is 2. The maximum absolute atomic E-state index is 11.5. The highest BCUT2D eigenvalue weighted by Crippen LogP contribution is 2.12. The summed E-state index contributed by atoms with van der Waals surface area (Å²) in [6.07, 6.45) is 1.78. The van der Waals surface area contributed by atoms with Crippen molar-refractivity contribution in [2.45, 2.75) is 20.3 Å². The van der Waals surface area contributed by atoms with E-state index in [0.717, 1.165) is 0 Å². The number of esters is 2. The first-order valence-electron chi connectivity index (χ1n) is 6.57. The highest BCUT2D eigenvalue weighted by atomic mass is 16.5. The zero-order valence-corrected chi connectivity index (χ0v) is 12.1. The average Bonchev–Trinajstić information content (AvgIpc) is 2.48. The lowest BCUT2D eigenvalue weighted by molar-refractivity contribution is -0.140. The summed E-state index contributed by atoms with van der Waals surface area (Å²) in [5.74, 6) is 0.0696. The van der Waals surface area contributed by atoms with Gasteiger partial charge in [0.1, 0.15) is 5.82 Å². The molecule has 0 saturated heterocycles. The molecule has 0 aromatic carbocycles. The lowest BCUT2D eigenvalue weighted by Crippen LogP contribution is -2.27. The van der Waals surface area contributed by atoms with E-state index in [4.69, 9.17) is 4.74 Å². The normalized spacial score (nSPS) is 9.95. The van der Waals surface area contributed by atoms with Crippen LogP contribution in [-0.4, -0.2) is 43.7 Å². The van der Waals surface area contributed by atoms with E-state index in [-0.39, 0.29) is 11.9 Å². The van der Waals surface area contributed by atoms with Crippen LogP contribution in [0.3, 0.4) is 0 Å². The van der Waals surface area contributed by atoms with E-state index < -0.39 is 0 Å². The number of carbonyl (C=O) groups is 2. The van der Waals surface area contributed by atoms with Gasteiger partial charge < -0.3 is 14.4 Å². The first-order chi connectivity index (χ1) is 9.62. The molecule has 0 radical (unpaired) electrons. The van der Waals surface area contributed by atoms with E-state index >= 15 is 0 Å². The van der Waals surface area contributed by atoms with Gasteiger partial charge in [-0.15, -0.1) is 0 Å². The minimum Gasteiger partial charge on any atom is -0.469 e. The zero-order valence-electron chi connectivity index (χ0n) is 12.1. The SMILES string of the molecule is CCOC(=O)c1ccc(N(CC)CCC(=O)OC)nc1. The third-order valence-corrected chi connectivity index (χ3v) is 2.78. The third kappa shape index (κ3) is 4.53. The first kappa shape index (κ1) is 15.9. The molecule has 0 unspecified atom stereocenters. The van der Waals surface area contributed by atoms with Gasteiger partial charge in [-0.3, -0.25) is 4.79 Å². The van der Waals surface area contributed by atoms with Crippen molar-refractivity contribution in [2.75, 3.05) is 31.7 Å². The summed E-state index contributed by atoms with van der Waals surface area (Å²) in [6.45, 7) is 5.29. The number of aromatic nitrogens is 1. The molecule has 0 bridgehead atoms. The molecule has 0 saturated carbocycles. The number of hydrogen-bond donors (Lipinski definition) is 0. The van der Waals surface area contributed by atoms with Crippen molar-refractivity contribution in [1.29, 1.82) is 0 Å². The number of anilines is 1. The summed E-state index contributed by atoms with van der Waals surface area (Å²) in [6, 6.07) is 3.41. The predicted octanol–water partition coefficient (Wildman–Crippen LogP) is 1.65. The summed E-state index contributed by atoms with van der Waals surface area (Å²) in [5, 5.41) is 0. The second kappa shape index (κ2) is 8.14. The summed E-state index contributed by atoms with van der Waals surface area (Å²) in [7, 11) is 1.37. The van der Waals surface area contributed by atoms with Crippen molar-refractivity contribution >= 4 is 17.8 Å². The van der Waals surface area contributed by atoms with Crippen molar-refractivity contribution in [3.8, 4) is 0 Å². The van der Waals surface area contributed by atoms with Gasteiger partial charge in [0, 0.05) is 19.3 Å². The number of nitrogens with zero attached hydrogens (tertiary/aromatic N) is 2. The van der Waals surface area contributed by atoms with Crippen LogP contribution in [0.1, 0.15) is 30.6 Å². The van der Waals surface area contributed by atoms with E-state index in [1.165, 1.54) is 13.3 Å². The molecule has 0 aliphatic heterocycles. The van der Waals surface area contributed by atoms with E-state index in [1.807, 2.05) is 11.8 Å². The minimum absolute atomic E-state index is 0.258. The van der Waals surface area contributed by atoms with E-state index in [2.05, 4.69) is 9.72 Å². The zero-order chi connectivity index (χ0) is 15.0. The second-order valence-corrected chi connectivity index (χ2v) is 4.03. The minimum atomic E-state index is -0.385. The second-order valence-electron chi connectivity index (χ2n) is 4.03. The van der Waals surface area contributed by atoms with Crippen LogP contribution < -0.4 is 4.90 Å². The third-order valence-electron chi connectivity index (χ3n) is 2.78. The molecule has 110 valence electrons. The van der Waals surface area contributed by atoms with Crippen LogP contribution in [0, 0.1) is 0 Å². The molecular formula is C14H20N2O4. The lowest BCUT2D eigenvalue weighted by Gasteiger charge is -2.21. The van der Waals surface area contributed by atoms with E-state index in [0.29, 0.717) is 37.5 Å². The van der Waals surface area contributed by atoms with Crippen LogP contribution in [0.5, 0.6) is 0 Å². The average molecular weight is 280 g/mol. The predicted molar refractivity (Wildman–Crippen MR) is 74.7 cm³/mol.